The second-order valence-electron chi connectivity index (χ2n) is 5.13. The summed E-state index contributed by atoms with van der Waals surface area (Å²) >= 11 is 3.23. The number of anilines is 1. The van der Waals surface area contributed by atoms with E-state index in [0.29, 0.717) is 28.1 Å². The van der Waals surface area contributed by atoms with Crippen LogP contribution in [-0.4, -0.2) is 24.7 Å². The van der Waals surface area contributed by atoms with E-state index < -0.39 is 5.91 Å². The zero-order valence-corrected chi connectivity index (χ0v) is 15.8. The van der Waals surface area contributed by atoms with Gasteiger partial charge in [0.15, 0.2) is 11.5 Å². The Balaban J connectivity index is 2.26. The number of phenolic OH excluding ortho intramolecular Hbond substituents is 1. The van der Waals surface area contributed by atoms with Gasteiger partial charge in [0.05, 0.1) is 18.2 Å². The number of ether oxygens (including phenoxy) is 2. The highest BCUT2D eigenvalue weighted by molar-refractivity contribution is 9.10. The summed E-state index contributed by atoms with van der Waals surface area (Å²) in [6, 6.07) is 11.8. The molecule has 2 aromatic rings. The molecule has 0 aromatic heterocycles. The standard InChI is InChI=1S/C19H17BrN2O4/c1-3-26-17-10-12(9-16(20)18(17)23)8-13(11-21)19(24)22-14-4-6-15(25-2)7-5-14/h4-10,23H,3H2,1-2H3,(H,22,24). The Morgan fingerprint density at radius 3 is 2.62 bits per heavy atom. The van der Waals surface area contributed by atoms with Gasteiger partial charge in [-0.3, -0.25) is 4.79 Å². The molecule has 1 amide bonds. The first-order valence-corrected chi connectivity index (χ1v) is 8.50. The van der Waals surface area contributed by atoms with Crippen LogP contribution in [0.4, 0.5) is 5.69 Å². The monoisotopic (exact) mass is 416 g/mol. The van der Waals surface area contributed by atoms with Gasteiger partial charge < -0.3 is 19.9 Å². The van der Waals surface area contributed by atoms with Crippen molar-refractivity contribution in [1.29, 1.82) is 5.26 Å². The Morgan fingerprint density at radius 2 is 2.04 bits per heavy atom. The Labute approximate surface area is 159 Å². The van der Waals surface area contributed by atoms with Crippen molar-refractivity contribution in [2.45, 2.75) is 6.92 Å². The van der Waals surface area contributed by atoms with Crippen molar-refractivity contribution in [1.82, 2.24) is 0 Å². The second-order valence-corrected chi connectivity index (χ2v) is 5.99. The SMILES string of the molecule is CCOc1cc(C=C(C#N)C(=O)Nc2ccc(OC)cc2)cc(Br)c1O. The molecule has 0 radical (unpaired) electrons. The lowest BCUT2D eigenvalue weighted by molar-refractivity contribution is -0.112. The molecule has 0 aliphatic carbocycles. The van der Waals surface area contributed by atoms with Crippen molar-refractivity contribution in [2.75, 3.05) is 19.0 Å². The molecule has 0 bridgehead atoms. The van der Waals surface area contributed by atoms with Crippen molar-refractivity contribution >= 4 is 33.6 Å². The van der Waals surface area contributed by atoms with Crippen LogP contribution in [0.1, 0.15) is 12.5 Å². The van der Waals surface area contributed by atoms with Gasteiger partial charge >= 0.3 is 0 Å². The molecule has 0 fully saturated rings. The molecular weight excluding hydrogens is 400 g/mol. The molecule has 0 saturated carbocycles. The number of carbonyl (C=O) groups is 1. The fourth-order valence-corrected chi connectivity index (χ4v) is 2.59. The van der Waals surface area contributed by atoms with Gasteiger partial charge in [-0.05, 0) is 70.9 Å². The molecule has 0 spiro atoms. The van der Waals surface area contributed by atoms with E-state index in [1.54, 1.807) is 50.4 Å². The molecule has 0 unspecified atom stereocenters. The Kier molecular flexibility index (Phi) is 6.64. The van der Waals surface area contributed by atoms with E-state index in [1.165, 1.54) is 6.08 Å². The smallest absolute Gasteiger partial charge is 0.266 e. The average molecular weight is 417 g/mol. The zero-order chi connectivity index (χ0) is 19.1. The minimum absolute atomic E-state index is 0.0369. The van der Waals surface area contributed by atoms with E-state index in [9.17, 15) is 15.2 Å². The van der Waals surface area contributed by atoms with Crippen molar-refractivity contribution in [3.63, 3.8) is 0 Å². The normalized spacial score (nSPS) is 10.8. The minimum Gasteiger partial charge on any atom is -0.503 e. The van der Waals surface area contributed by atoms with Crippen LogP contribution in [0.25, 0.3) is 6.08 Å². The molecular formula is C19H17BrN2O4. The van der Waals surface area contributed by atoms with E-state index in [2.05, 4.69) is 21.2 Å². The number of phenols is 1. The fraction of sp³-hybridized carbons (Fsp3) is 0.158. The Bertz CT molecular complexity index is 870. The fourth-order valence-electron chi connectivity index (χ4n) is 2.13. The molecule has 0 aliphatic rings. The molecule has 0 heterocycles. The summed E-state index contributed by atoms with van der Waals surface area (Å²) in [7, 11) is 1.55. The number of nitrogens with one attached hydrogen (secondary N) is 1. The first-order chi connectivity index (χ1) is 12.5. The summed E-state index contributed by atoms with van der Waals surface area (Å²) in [6.07, 6.45) is 1.42. The second kappa shape index (κ2) is 8.92. The number of nitriles is 1. The predicted molar refractivity (Wildman–Crippen MR) is 102 cm³/mol. The number of nitrogens with zero attached hydrogens (tertiary/aromatic N) is 1. The van der Waals surface area contributed by atoms with Crippen molar-refractivity contribution in [3.8, 4) is 23.3 Å². The third-order valence-electron chi connectivity index (χ3n) is 3.37. The summed E-state index contributed by atoms with van der Waals surface area (Å²) < 4.78 is 10.8. The number of amides is 1. The molecule has 0 saturated heterocycles. The summed E-state index contributed by atoms with van der Waals surface area (Å²) in [6.45, 7) is 2.16. The van der Waals surface area contributed by atoms with Crippen LogP contribution in [0.15, 0.2) is 46.4 Å². The van der Waals surface area contributed by atoms with Gasteiger partial charge in [0.1, 0.15) is 17.4 Å². The van der Waals surface area contributed by atoms with Crippen LogP contribution in [0.3, 0.4) is 0 Å². The molecule has 0 atom stereocenters. The molecule has 7 heteroatoms. The number of carbonyl (C=O) groups excluding carboxylic acids is 1. The highest BCUT2D eigenvalue weighted by atomic mass is 79.9. The zero-order valence-electron chi connectivity index (χ0n) is 14.2. The van der Waals surface area contributed by atoms with E-state index in [1.807, 2.05) is 6.07 Å². The van der Waals surface area contributed by atoms with Gasteiger partial charge in [0.25, 0.3) is 5.91 Å². The lowest BCUT2D eigenvalue weighted by atomic mass is 10.1. The highest BCUT2D eigenvalue weighted by Gasteiger charge is 2.13. The quantitative estimate of drug-likeness (QED) is 0.545. The largest absolute Gasteiger partial charge is 0.503 e. The topological polar surface area (TPSA) is 91.6 Å². The van der Waals surface area contributed by atoms with Crippen LogP contribution in [0.5, 0.6) is 17.2 Å². The van der Waals surface area contributed by atoms with Gasteiger partial charge in [0.2, 0.25) is 0 Å². The molecule has 26 heavy (non-hydrogen) atoms. The summed E-state index contributed by atoms with van der Waals surface area (Å²) in [5, 5.41) is 21.9. The number of methoxy groups -OCH3 is 1. The average Bonchev–Trinajstić information content (AvgIpc) is 2.64. The maximum absolute atomic E-state index is 12.3. The van der Waals surface area contributed by atoms with Gasteiger partial charge in [-0.25, -0.2) is 0 Å². The van der Waals surface area contributed by atoms with Gasteiger partial charge in [-0.2, -0.15) is 5.26 Å². The number of hydrogen-bond donors (Lipinski definition) is 2. The van der Waals surface area contributed by atoms with Gasteiger partial charge in [-0.15, -0.1) is 0 Å². The lowest BCUT2D eigenvalue weighted by Crippen LogP contribution is -2.13. The molecule has 2 rings (SSSR count). The number of hydrogen-bond acceptors (Lipinski definition) is 5. The minimum atomic E-state index is -0.542. The van der Waals surface area contributed by atoms with Crippen LogP contribution in [-0.2, 0) is 4.79 Å². The van der Waals surface area contributed by atoms with Gasteiger partial charge in [-0.1, -0.05) is 0 Å². The number of benzene rings is 2. The van der Waals surface area contributed by atoms with E-state index >= 15 is 0 Å². The number of rotatable bonds is 6. The van der Waals surface area contributed by atoms with Crippen LogP contribution < -0.4 is 14.8 Å². The summed E-state index contributed by atoms with van der Waals surface area (Å²) in [4.78, 5) is 12.3. The molecule has 0 aliphatic heterocycles. The predicted octanol–water partition coefficient (Wildman–Crippen LogP) is 4.11. The molecule has 6 nitrogen and oxygen atoms in total. The number of aromatic hydroxyl groups is 1. The van der Waals surface area contributed by atoms with E-state index in [-0.39, 0.29) is 17.1 Å². The first-order valence-electron chi connectivity index (χ1n) is 7.71. The maximum atomic E-state index is 12.3. The molecule has 134 valence electrons. The number of halogens is 1. The highest BCUT2D eigenvalue weighted by Crippen LogP contribution is 2.36. The molecule has 2 aromatic carbocycles. The molecule has 2 N–H and O–H groups in total. The van der Waals surface area contributed by atoms with E-state index in [4.69, 9.17) is 9.47 Å². The Morgan fingerprint density at radius 1 is 1.35 bits per heavy atom. The lowest BCUT2D eigenvalue weighted by Gasteiger charge is -2.09. The van der Waals surface area contributed by atoms with Crippen molar-refractivity contribution < 1.29 is 19.4 Å². The Hall–Kier alpha value is -2.98. The third kappa shape index (κ3) is 4.77. The van der Waals surface area contributed by atoms with E-state index in [0.717, 1.165) is 0 Å². The van der Waals surface area contributed by atoms with Gasteiger partial charge in [0, 0.05) is 5.69 Å². The van der Waals surface area contributed by atoms with Crippen molar-refractivity contribution in [2.24, 2.45) is 0 Å². The summed E-state index contributed by atoms with van der Waals surface area (Å²) in [5.41, 5.74) is 0.999. The van der Waals surface area contributed by atoms with Crippen LogP contribution in [0.2, 0.25) is 0 Å². The first kappa shape index (κ1) is 19.3. The van der Waals surface area contributed by atoms with Crippen molar-refractivity contribution in [3.05, 3.63) is 52.0 Å². The third-order valence-corrected chi connectivity index (χ3v) is 3.98. The summed E-state index contributed by atoms with van der Waals surface area (Å²) in [5.74, 6) is 0.349. The van der Waals surface area contributed by atoms with Crippen LogP contribution in [0, 0.1) is 11.3 Å². The maximum Gasteiger partial charge on any atom is 0.266 e. The van der Waals surface area contributed by atoms with Crippen LogP contribution >= 0.6 is 15.9 Å².